The Morgan fingerprint density at radius 1 is 0.871 bits per heavy atom. The Morgan fingerprint density at radius 3 is 2.19 bits per heavy atom. The molecule has 70 heavy (non-hydrogen) atoms. The molecule has 0 bridgehead atoms. The van der Waals surface area contributed by atoms with Crippen LogP contribution in [0.5, 0.6) is 5.75 Å². The molecular formula is C56H65N5O8S. The molecule has 1 fully saturated rings. The van der Waals surface area contributed by atoms with Crippen molar-refractivity contribution in [1.29, 1.82) is 0 Å². The van der Waals surface area contributed by atoms with E-state index in [0.717, 1.165) is 39.2 Å². The van der Waals surface area contributed by atoms with Crippen LogP contribution in [0.2, 0.25) is 0 Å². The van der Waals surface area contributed by atoms with Gasteiger partial charge in [-0.1, -0.05) is 137 Å². The van der Waals surface area contributed by atoms with Gasteiger partial charge in [0.1, 0.15) is 44.3 Å². The number of carbonyl (C=O) groups is 4. The van der Waals surface area contributed by atoms with E-state index in [-0.39, 0.29) is 57.8 Å². The first-order valence-electron chi connectivity index (χ1n) is 23.7. The van der Waals surface area contributed by atoms with Crippen molar-refractivity contribution in [2.75, 3.05) is 53.2 Å². The molecule has 1 saturated heterocycles. The van der Waals surface area contributed by atoms with Crippen molar-refractivity contribution >= 4 is 46.1 Å². The molecule has 14 heteroatoms. The number of aliphatic hydroxyl groups excluding tert-OH is 1. The number of thiazole rings is 1. The fraction of sp³-hybridized carbons (Fsp3) is 0.375. The molecule has 4 aromatic carbocycles. The van der Waals surface area contributed by atoms with Gasteiger partial charge in [-0.05, 0) is 69.9 Å². The predicted molar refractivity (Wildman–Crippen MR) is 274 cm³/mol. The van der Waals surface area contributed by atoms with Gasteiger partial charge in [0.05, 0.1) is 35.3 Å². The van der Waals surface area contributed by atoms with Gasteiger partial charge in [-0.15, -0.1) is 11.3 Å². The average Bonchev–Trinajstić information content (AvgIpc) is 3.98. The maximum atomic E-state index is 13.9. The third kappa shape index (κ3) is 14.9. The SMILES string of the molecule is CC/C(=C(\c1ccccc1)c1ccc(OCCN(C)C(=O)COCCC#CCOCC(=O)N[C@H](C(=O)N2C[C@H](O)C[C@H]2C(=O)NCc2ccc(-c3scnc3C)cc2)C(C)(C)C)cc1)c1ccccc1. The first-order valence-corrected chi connectivity index (χ1v) is 24.6. The minimum Gasteiger partial charge on any atom is -0.492 e. The molecule has 0 spiro atoms. The van der Waals surface area contributed by atoms with Crippen LogP contribution in [-0.2, 0) is 35.2 Å². The number of benzene rings is 4. The summed E-state index contributed by atoms with van der Waals surface area (Å²) in [4.78, 5) is 61.4. The number of aromatic nitrogens is 1. The molecular weight excluding hydrogens is 903 g/mol. The van der Waals surface area contributed by atoms with E-state index < -0.39 is 35.4 Å². The van der Waals surface area contributed by atoms with Gasteiger partial charge in [-0.2, -0.15) is 0 Å². The molecule has 3 N–H and O–H groups in total. The second kappa shape index (κ2) is 25.8. The number of rotatable bonds is 21. The highest BCUT2D eigenvalue weighted by molar-refractivity contribution is 7.13. The minimum absolute atomic E-state index is 0.0285. The highest BCUT2D eigenvalue weighted by Crippen LogP contribution is 2.35. The molecule has 0 radical (unpaired) electrons. The topological polar surface area (TPSA) is 160 Å². The zero-order chi connectivity index (χ0) is 50.0. The minimum atomic E-state index is -0.987. The van der Waals surface area contributed by atoms with Crippen LogP contribution in [0.25, 0.3) is 21.6 Å². The van der Waals surface area contributed by atoms with Crippen molar-refractivity contribution in [1.82, 2.24) is 25.4 Å². The molecule has 6 rings (SSSR count). The van der Waals surface area contributed by atoms with Crippen LogP contribution in [0.15, 0.2) is 115 Å². The van der Waals surface area contributed by atoms with Crippen molar-refractivity contribution < 1.29 is 38.5 Å². The first-order chi connectivity index (χ1) is 33.7. The summed E-state index contributed by atoms with van der Waals surface area (Å²) in [5.41, 5.74) is 9.87. The number of hydrogen-bond acceptors (Lipinski definition) is 10. The van der Waals surface area contributed by atoms with E-state index in [9.17, 15) is 24.3 Å². The fourth-order valence-corrected chi connectivity index (χ4v) is 8.95. The lowest BCUT2D eigenvalue weighted by atomic mass is 9.85. The third-order valence-corrected chi connectivity index (χ3v) is 12.9. The molecule has 0 aliphatic carbocycles. The second-order valence-corrected chi connectivity index (χ2v) is 19.1. The van der Waals surface area contributed by atoms with Gasteiger partial charge < -0.3 is 39.8 Å². The Kier molecular flexibility index (Phi) is 19.5. The Balaban J connectivity index is 0.872. The van der Waals surface area contributed by atoms with Gasteiger partial charge >= 0.3 is 0 Å². The summed E-state index contributed by atoms with van der Waals surface area (Å²) in [6.07, 6.45) is 0.435. The molecule has 5 aromatic rings. The van der Waals surface area contributed by atoms with Crippen LogP contribution in [0, 0.1) is 24.2 Å². The van der Waals surface area contributed by atoms with Crippen molar-refractivity contribution in [3.63, 3.8) is 0 Å². The number of hydrogen-bond donors (Lipinski definition) is 3. The van der Waals surface area contributed by atoms with Gasteiger partial charge in [0.15, 0.2) is 0 Å². The number of aryl methyl sites for hydroxylation is 1. The highest BCUT2D eigenvalue weighted by Gasteiger charge is 2.44. The number of β-amino-alcohol motifs (C(OH)–C–C–N with tert-alkyl or cyclic N) is 1. The number of aliphatic hydroxyl groups is 1. The zero-order valence-electron chi connectivity index (χ0n) is 41.0. The molecule has 1 aromatic heterocycles. The lowest BCUT2D eigenvalue weighted by molar-refractivity contribution is -0.144. The van der Waals surface area contributed by atoms with Crippen LogP contribution in [0.4, 0.5) is 0 Å². The number of amides is 4. The summed E-state index contributed by atoms with van der Waals surface area (Å²) >= 11 is 1.57. The summed E-state index contributed by atoms with van der Waals surface area (Å²) in [5.74, 6) is 4.93. The van der Waals surface area contributed by atoms with E-state index in [4.69, 9.17) is 14.2 Å². The van der Waals surface area contributed by atoms with E-state index in [2.05, 4.69) is 95.0 Å². The Morgan fingerprint density at radius 2 is 1.54 bits per heavy atom. The summed E-state index contributed by atoms with van der Waals surface area (Å²) in [6.45, 7) is 10.3. The second-order valence-electron chi connectivity index (χ2n) is 18.2. The van der Waals surface area contributed by atoms with E-state index in [1.54, 1.807) is 23.3 Å². The van der Waals surface area contributed by atoms with E-state index in [0.29, 0.717) is 25.3 Å². The fourth-order valence-electron chi connectivity index (χ4n) is 8.14. The normalized spacial score (nSPS) is 15.3. The maximum absolute atomic E-state index is 13.9. The number of carbonyl (C=O) groups excluding carboxylic acids is 4. The van der Waals surface area contributed by atoms with E-state index >= 15 is 0 Å². The quantitative estimate of drug-likeness (QED) is 0.0383. The third-order valence-electron chi connectivity index (χ3n) is 11.9. The van der Waals surface area contributed by atoms with Crippen molar-refractivity contribution in [3.05, 3.63) is 143 Å². The van der Waals surface area contributed by atoms with Crippen LogP contribution in [0.3, 0.4) is 0 Å². The number of allylic oxidation sites excluding steroid dienone is 1. The summed E-state index contributed by atoms with van der Waals surface area (Å²) in [6, 6.07) is 34.9. The van der Waals surface area contributed by atoms with Gasteiger partial charge in [-0.3, -0.25) is 19.2 Å². The lowest BCUT2D eigenvalue weighted by Gasteiger charge is -2.35. The van der Waals surface area contributed by atoms with Crippen molar-refractivity contribution in [2.24, 2.45) is 5.41 Å². The number of ether oxygens (including phenoxy) is 3. The number of likely N-dealkylation sites (N-methyl/N-ethyl adjacent to an activating group) is 1. The van der Waals surface area contributed by atoms with E-state index in [1.807, 2.05) is 81.7 Å². The van der Waals surface area contributed by atoms with Crippen molar-refractivity contribution in [2.45, 2.75) is 78.6 Å². The standard InChI is InChI=1S/C56H65N5O8S/c1-7-47(41-17-11-8-12-18-41)51(42-19-13-9-14-20-42)43-25-27-46(28-26-43)69-32-29-60(6)50(64)37-68-31-16-10-15-30-67-36-49(63)59-53(56(3,4)5)55(66)61-35-45(62)33-48(61)54(65)57-34-40-21-23-44(24-22-40)52-39(2)58-38-70-52/h8-9,11-14,17-28,38,45,48,53,62H,7,16,29-37H2,1-6H3,(H,57,65)(H,59,63)/b51-47-/t45-,48+,53-/m1/s1. The summed E-state index contributed by atoms with van der Waals surface area (Å²) in [7, 11) is 1.71. The molecule has 1 aliphatic rings. The van der Waals surface area contributed by atoms with Crippen LogP contribution in [-0.4, -0.2) is 115 Å². The monoisotopic (exact) mass is 967 g/mol. The van der Waals surface area contributed by atoms with Crippen molar-refractivity contribution in [3.8, 4) is 28.0 Å². The summed E-state index contributed by atoms with van der Waals surface area (Å²) in [5, 5.41) is 16.3. The molecule has 0 saturated carbocycles. The summed E-state index contributed by atoms with van der Waals surface area (Å²) < 4.78 is 17.0. The number of nitrogens with one attached hydrogen (secondary N) is 2. The molecule has 0 unspecified atom stereocenters. The molecule has 13 nitrogen and oxygen atoms in total. The van der Waals surface area contributed by atoms with Crippen LogP contribution < -0.4 is 15.4 Å². The smallest absolute Gasteiger partial charge is 0.248 e. The Bertz CT molecular complexity index is 2600. The molecule has 1 aliphatic heterocycles. The van der Waals surface area contributed by atoms with E-state index in [1.165, 1.54) is 21.6 Å². The van der Waals surface area contributed by atoms with Gasteiger partial charge in [-0.25, -0.2) is 4.98 Å². The van der Waals surface area contributed by atoms with Gasteiger partial charge in [0, 0.05) is 33.0 Å². The largest absolute Gasteiger partial charge is 0.492 e. The molecule has 2 heterocycles. The van der Waals surface area contributed by atoms with Crippen LogP contribution in [0.1, 0.15) is 74.9 Å². The molecule has 368 valence electrons. The Labute approximate surface area is 416 Å². The number of nitrogens with zero attached hydrogens (tertiary/aromatic N) is 3. The maximum Gasteiger partial charge on any atom is 0.248 e. The van der Waals surface area contributed by atoms with Gasteiger partial charge in [0.25, 0.3) is 0 Å². The first kappa shape index (κ1) is 52.7. The number of likely N-dealkylation sites (tertiary alicyclic amines) is 1. The molecule has 4 amide bonds. The predicted octanol–water partition coefficient (Wildman–Crippen LogP) is 7.56. The lowest BCUT2D eigenvalue weighted by Crippen LogP contribution is -2.58. The Hall–Kier alpha value is -6.63. The van der Waals surface area contributed by atoms with Gasteiger partial charge in [0.2, 0.25) is 23.6 Å². The zero-order valence-corrected chi connectivity index (χ0v) is 41.9. The van der Waals surface area contributed by atoms with Crippen LogP contribution >= 0.6 is 11.3 Å². The molecule has 3 atom stereocenters. The average molecular weight is 968 g/mol. The highest BCUT2D eigenvalue weighted by atomic mass is 32.1.